The molecule has 1 fully saturated rings. The third-order valence-corrected chi connectivity index (χ3v) is 4.62. The molecule has 5 nitrogen and oxygen atoms in total. The van der Waals surface area contributed by atoms with Gasteiger partial charge in [-0.05, 0) is 68.7 Å². The molecule has 2 atom stereocenters. The van der Waals surface area contributed by atoms with Gasteiger partial charge in [-0.2, -0.15) is 0 Å². The van der Waals surface area contributed by atoms with E-state index >= 15 is 0 Å². The summed E-state index contributed by atoms with van der Waals surface area (Å²) in [5.74, 6) is -0.715. The van der Waals surface area contributed by atoms with E-state index in [1.54, 1.807) is 15.9 Å². The molecule has 138 valence electrons. The van der Waals surface area contributed by atoms with Gasteiger partial charge in [0.2, 0.25) is 0 Å². The number of ether oxygens (including phenoxy) is 1. The van der Waals surface area contributed by atoms with Crippen LogP contribution in [0.5, 0.6) is 0 Å². The Bertz CT molecular complexity index is 663. The molecular weight excluding hydrogens is 391 g/mol. The van der Waals surface area contributed by atoms with Gasteiger partial charge in [0, 0.05) is 18.7 Å². The molecule has 0 N–H and O–H groups in total. The lowest BCUT2D eigenvalue weighted by Gasteiger charge is -2.44. The van der Waals surface area contributed by atoms with Gasteiger partial charge in [-0.1, -0.05) is 0 Å². The molecule has 2 amide bonds. The van der Waals surface area contributed by atoms with Crippen LogP contribution >= 0.6 is 15.9 Å². The molecule has 0 saturated carbocycles. The van der Waals surface area contributed by atoms with Crippen LogP contribution in [0, 0.1) is 5.82 Å². The average molecular weight is 415 g/mol. The topological polar surface area (TPSA) is 49.9 Å². The molecule has 1 saturated heterocycles. The minimum absolute atomic E-state index is 0.192. The Kier molecular flexibility index (Phi) is 5.76. The molecule has 0 aliphatic carbocycles. The van der Waals surface area contributed by atoms with Crippen LogP contribution in [0.15, 0.2) is 22.7 Å². The first-order chi connectivity index (χ1) is 11.5. The predicted molar refractivity (Wildman–Crippen MR) is 97.0 cm³/mol. The van der Waals surface area contributed by atoms with Crippen molar-refractivity contribution in [2.24, 2.45) is 0 Å². The zero-order valence-corrected chi connectivity index (χ0v) is 16.8. The Labute approximate surface area is 156 Å². The minimum atomic E-state index is -0.571. The number of benzene rings is 1. The molecule has 1 aromatic rings. The van der Waals surface area contributed by atoms with E-state index in [1.165, 1.54) is 12.1 Å². The second-order valence-corrected chi connectivity index (χ2v) is 8.28. The average Bonchev–Trinajstić information content (AvgIpc) is 2.46. The van der Waals surface area contributed by atoms with Crippen molar-refractivity contribution in [2.75, 3.05) is 13.1 Å². The summed E-state index contributed by atoms with van der Waals surface area (Å²) in [6, 6.07) is 3.95. The molecule has 0 unspecified atom stereocenters. The minimum Gasteiger partial charge on any atom is -0.444 e. The maximum absolute atomic E-state index is 13.7. The zero-order chi connectivity index (χ0) is 18.9. The summed E-state index contributed by atoms with van der Waals surface area (Å²) < 4.78 is 19.5. The highest BCUT2D eigenvalue weighted by atomic mass is 79.9. The van der Waals surface area contributed by atoms with Crippen molar-refractivity contribution in [1.82, 2.24) is 9.80 Å². The van der Waals surface area contributed by atoms with Crippen LogP contribution in [0.3, 0.4) is 0 Å². The quantitative estimate of drug-likeness (QED) is 0.695. The van der Waals surface area contributed by atoms with E-state index in [0.29, 0.717) is 23.1 Å². The van der Waals surface area contributed by atoms with E-state index in [2.05, 4.69) is 15.9 Å². The Morgan fingerprint density at radius 2 is 1.76 bits per heavy atom. The van der Waals surface area contributed by atoms with Crippen molar-refractivity contribution in [3.63, 3.8) is 0 Å². The van der Waals surface area contributed by atoms with Gasteiger partial charge >= 0.3 is 6.09 Å². The summed E-state index contributed by atoms with van der Waals surface area (Å²) in [6.45, 7) is 9.97. The van der Waals surface area contributed by atoms with Crippen molar-refractivity contribution in [1.29, 1.82) is 0 Å². The zero-order valence-electron chi connectivity index (χ0n) is 15.2. The van der Waals surface area contributed by atoms with Crippen molar-refractivity contribution in [2.45, 2.75) is 52.3 Å². The third-order valence-electron chi connectivity index (χ3n) is 3.98. The number of carbonyl (C=O) groups is 2. The molecule has 1 heterocycles. The largest absolute Gasteiger partial charge is 0.444 e. The van der Waals surface area contributed by atoms with Crippen LogP contribution in [-0.2, 0) is 4.74 Å². The first-order valence-electron chi connectivity index (χ1n) is 8.25. The molecule has 1 aliphatic rings. The summed E-state index contributed by atoms with van der Waals surface area (Å²) in [4.78, 5) is 28.4. The fraction of sp³-hybridized carbons (Fsp3) is 0.556. The Morgan fingerprint density at radius 3 is 2.24 bits per heavy atom. The lowest BCUT2D eigenvalue weighted by molar-refractivity contribution is -0.0129. The van der Waals surface area contributed by atoms with Gasteiger partial charge in [0.25, 0.3) is 5.91 Å². The highest BCUT2D eigenvalue weighted by Gasteiger charge is 2.37. The van der Waals surface area contributed by atoms with E-state index in [4.69, 9.17) is 4.74 Å². The number of amides is 2. The van der Waals surface area contributed by atoms with Crippen LogP contribution in [0.2, 0.25) is 0 Å². The van der Waals surface area contributed by atoms with Gasteiger partial charge in [0.15, 0.2) is 0 Å². The third kappa shape index (κ3) is 4.71. The fourth-order valence-corrected chi connectivity index (χ4v) is 3.22. The van der Waals surface area contributed by atoms with Gasteiger partial charge < -0.3 is 9.64 Å². The summed E-state index contributed by atoms with van der Waals surface area (Å²) in [5, 5.41) is 0. The first kappa shape index (κ1) is 19.7. The summed E-state index contributed by atoms with van der Waals surface area (Å²) in [7, 11) is 0. The molecular formula is C18H24BrFN2O3. The van der Waals surface area contributed by atoms with Gasteiger partial charge in [0.1, 0.15) is 11.4 Å². The highest BCUT2D eigenvalue weighted by Crippen LogP contribution is 2.23. The Morgan fingerprint density at radius 1 is 1.20 bits per heavy atom. The molecule has 0 aromatic heterocycles. The molecule has 0 bridgehead atoms. The molecule has 0 spiro atoms. The van der Waals surface area contributed by atoms with Crippen LogP contribution in [0.1, 0.15) is 45.0 Å². The first-order valence-corrected chi connectivity index (χ1v) is 9.04. The van der Waals surface area contributed by atoms with Crippen molar-refractivity contribution in [3.05, 3.63) is 34.1 Å². The van der Waals surface area contributed by atoms with Gasteiger partial charge in [-0.15, -0.1) is 0 Å². The number of rotatable bonds is 1. The van der Waals surface area contributed by atoms with E-state index in [9.17, 15) is 14.0 Å². The van der Waals surface area contributed by atoms with E-state index in [0.717, 1.165) is 0 Å². The highest BCUT2D eigenvalue weighted by molar-refractivity contribution is 9.10. The number of piperazine rings is 1. The molecule has 1 aromatic carbocycles. The number of nitrogens with zero attached hydrogens (tertiary/aromatic N) is 2. The second kappa shape index (κ2) is 7.32. The monoisotopic (exact) mass is 414 g/mol. The van der Waals surface area contributed by atoms with Crippen LogP contribution in [-0.4, -0.2) is 52.6 Å². The lowest BCUT2D eigenvalue weighted by atomic mass is 10.1. The fourth-order valence-electron chi connectivity index (χ4n) is 2.97. The maximum atomic E-state index is 13.7. The number of hydrogen-bond acceptors (Lipinski definition) is 3. The van der Waals surface area contributed by atoms with Crippen molar-refractivity contribution >= 4 is 27.9 Å². The van der Waals surface area contributed by atoms with Crippen LogP contribution in [0.4, 0.5) is 9.18 Å². The molecule has 2 rings (SSSR count). The second-order valence-electron chi connectivity index (χ2n) is 7.42. The van der Waals surface area contributed by atoms with Crippen molar-refractivity contribution in [3.8, 4) is 0 Å². The molecule has 0 radical (unpaired) electrons. The smallest absolute Gasteiger partial charge is 0.410 e. The number of hydrogen-bond donors (Lipinski definition) is 0. The SMILES string of the molecule is C[C@@H]1CN(C(=O)c2ccc(Br)c(F)c2)C[C@H](C)N1C(=O)OC(C)(C)C. The van der Waals surface area contributed by atoms with Gasteiger partial charge in [-0.3, -0.25) is 9.69 Å². The summed E-state index contributed by atoms with van der Waals surface area (Å²) in [6.07, 6.45) is -0.380. The number of halogens is 2. The van der Waals surface area contributed by atoms with Crippen LogP contribution in [0.25, 0.3) is 0 Å². The molecule has 7 heteroatoms. The maximum Gasteiger partial charge on any atom is 0.410 e. The Balaban J connectivity index is 2.11. The predicted octanol–water partition coefficient (Wildman–Crippen LogP) is 4.06. The standard InChI is InChI=1S/C18H24BrFN2O3/c1-11-9-21(16(23)13-6-7-14(19)15(20)8-13)10-12(2)22(11)17(24)25-18(3,4)5/h6-8,11-12H,9-10H2,1-5H3/t11-,12+. The summed E-state index contributed by atoms with van der Waals surface area (Å²) in [5.41, 5.74) is -0.274. The Hall–Kier alpha value is -1.63. The van der Waals surface area contributed by atoms with Crippen molar-refractivity contribution < 1.29 is 18.7 Å². The van der Waals surface area contributed by atoms with E-state index < -0.39 is 11.4 Å². The van der Waals surface area contributed by atoms with E-state index in [1.807, 2.05) is 34.6 Å². The van der Waals surface area contributed by atoms with Crippen LogP contribution < -0.4 is 0 Å². The normalized spacial score (nSPS) is 21.2. The van der Waals surface area contributed by atoms with Gasteiger partial charge in [0.05, 0.1) is 16.6 Å². The number of carbonyl (C=O) groups excluding carboxylic acids is 2. The van der Waals surface area contributed by atoms with Gasteiger partial charge in [-0.25, -0.2) is 9.18 Å². The lowest BCUT2D eigenvalue weighted by Crippen LogP contribution is -2.60. The molecule has 1 aliphatic heterocycles. The molecule has 25 heavy (non-hydrogen) atoms. The van der Waals surface area contributed by atoms with E-state index in [-0.39, 0.29) is 24.1 Å². The summed E-state index contributed by atoms with van der Waals surface area (Å²) >= 11 is 3.08.